The number of hydrogen-bond acceptors (Lipinski definition) is 2. The van der Waals surface area contributed by atoms with Gasteiger partial charge in [-0.25, -0.2) is 16.4 Å². The smallest absolute Gasteiger partial charge is 0.349 e. The molecule has 0 aromatic carbocycles. The van der Waals surface area contributed by atoms with Gasteiger partial charge < -0.3 is 8.54 Å². The van der Waals surface area contributed by atoms with Crippen molar-refractivity contribution in [1.29, 1.82) is 0 Å². The van der Waals surface area contributed by atoms with Gasteiger partial charge in [0.15, 0.2) is 0 Å². The Labute approximate surface area is 57.8 Å². The van der Waals surface area contributed by atoms with E-state index in [0.717, 1.165) is 0 Å². The second-order valence-electron chi connectivity index (χ2n) is 1.58. The summed E-state index contributed by atoms with van der Waals surface area (Å²) in [6, 6.07) is 0. The van der Waals surface area contributed by atoms with E-state index < -0.39 is 18.2 Å². The molecule has 0 aliphatic carbocycles. The molecule has 0 bridgehead atoms. The highest BCUT2D eigenvalue weighted by atomic mass is 28.5. The van der Waals surface area contributed by atoms with E-state index in [-0.39, 0.29) is 0 Å². The van der Waals surface area contributed by atoms with E-state index in [2.05, 4.69) is 8.54 Å². The van der Waals surface area contributed by atoms with Crippen molar-refractivity contribution in [1.82, 2.24) is 0 Å². The number of halogens is 4. The maximum atomic E-state index is 11.9. The lowest BCUT2D eigenvalue weighted by Crippen LogP contribution is -2.40. The normalized spacial score (nSPS) is 13.8. The minimum absolute atomic E-state index is 0.368. The zero-order chi connectivity index (χ0) is 8.41. The average molecular weight is 194 g/mol. The van der Waals surface area contributed by atoms with Crippen LogP contribution in [0, 0.1) is 0 Å². The van der Waals surface area contributed by atoms with E-state index >= 15 is 0 Å². The van der Waals surface area contributed by atoms with Gasteiger partial charge in [0.1, 0.15) is 0 Å². The van der Waals surface area contributed by atoms with Crippen LogP contribution in [0.4, 0.5) is 16.4 Å². The first kappa shape index (κ1) is 10.1. The maximum Gasteiger partial charge on any atom is 0.753 e. The summed E-state index contributed by atoms with van der Waals surface area (Å²) in [6.45, 7) is 0.368. The molecular weight excluding hydrogens is 188 g/mol. The van der Waals surface area contributed by atoms with Gasteiger partial charge >= 0.3 is 18.2 Å². The molecule has 0 heterocycles. The lowest BCUT2D eigenvalue weighted by molar-refractivity contribution is 0.160. The van der Waals surface area contributed by atoms with Crippen LogP contribution in [-0.2, 0) is 8.54 Å². The summed E-state index contributed by atoms with van der Waals surface area (Å²) in [4.78, 5) is 0. The van der Waals surface area contributed by atoms with Gasteiger partial charge in [0.05, 0.1) is 0 Å². The van der Waals surface area contributed by atoms with Crippen molar-refractivity contribution in [3.8, 4) is 0 Å². The maximum absolute atomic E-state index is 11.9. The van der Waals surface area contributed by atoms with Crippen molar-refractivity contribution in [3.05, 3.63) is 0 Å². The highest BCUT2D eigenvalue weighted by Gasteiger charge is 2.52. The van der Waals surface area contributed by atoms with Crippen molar-refractivity contribution in [3.63, 3.8) is 0 Å². The van der Waals surface area contributed by atoms with Crippen LogP contribution in [0.25, 0.3) is 0 Å². The third-order valence-electron chi connectivity index (χ3n) is 0.536. The Kier molecular flexibility index (Phi) is 3.01. The molecule has 10 heavy (non-hydrogen) atoms. The molecule has 0 N–H and O–H groups in total. The van der Waals surface area contributed by atoms with Crippen molar-refractivity contribution >= 4 is 18.2 Å². The largest absolute Gasteiger partial charge is 0.753 e. The summed E-state index contributed by atoms with van der Waals surface area (Å²) < 4.78 is 54.0. The summed E-state index contributed by atoms with van der Waals surface area (Å²) in [5, 5.41) is 0. The summed E-state index contributed by atoms with van der Waals surface area (Å²) in [5.74, 6) is 0. The highest BCUT2D eigenvalue weighted by molar-refractivity contribution is 6.69. The molecule has 0 radical (unpaired) electrons. The van der Waals surface area contributed by atoms with Crippen molar-refractivity contribution in [2.24, 2.45) is 0 Å². The van der Waals surface area contributed by atoms with Gasteiger partial charge in [0.2, 0.25) is 0 Å². The molecule has 0 unspecified atom stereocenters. The topological polar surface area (TPSA) is 18.5 Å². The van der Waals surface area contributed by atoms with Crippen LogP contribution in [0.5, 0.6) is 0 Å². The molecule has 8 heteroatoms. The molecule has 0 aromatic heterocycles. The average Bonchev–Trinajstić information content (AvgIpc) is 1.60. The second kappa shape index (κ2) is 2.99. The molecule has 0 aliphatic rings. The zero-order valence-electron chi connectivity index (χ0n) is 5.33. The highest BCUT2D eigenvalue weighted by Crippen LogP contribution is 2.18. The molecule has 0 spiro atoms. The van der Waals surface area contributed by atoms with Crippen LogP contribution >= 0.6 is 0 Å². The van der Waals surface area contributed by atoms with Gasteiger partial charge in [-0.3, -0.25) is 0 Å². The zero-order valence-corrected chi connectivity index (χ0v) is 7.33. The van der Waals surface area contributed by atoms with E-state index in [1.807, 2.05) is 0 Å². The summed E-state index contributed by atoms with van der Waals surface area (Å²) in [5.41, 5.74) is 0. The van der Waals surface area contributed by atoms with Gasteiger partial charge in [0.25, 0.3) is 0 Å². The standard InChI is InChI=1S/C2H6F4O2Si2/c1-7-10(5,6)8-9(2,3)4/h1-2H3. The van der Waals surface area contributed by atoms with Gasteiger partial charge in [0, 0.05) is 13.7 Å². The summed E-state index contributed by atoms with van der Waals surface area (Å²) >= 11 is 0. The predicted octanol–water partition coefficient (Wildman–Crippen LogP) is 1.53. The first-order chi connectivity index (χ1) is 4.27. The van der Waals surface area contributed by atoms with E-state index in [0.29, 0.717) is 13.7 Å². The quantitative estimate of drug-likeness (QED) is 0.385. The molecule has 0 aliphatic heterocycles. The molecular formula is C2H6F4O2Si2. The van der Waals surface area contributed by atoms with Crippen LogP contribution in [-0.4, -0.2) is 25.3 Å². The van der Waals surface area contributed by atoms with Crippen molar-refractivity contribution in [2.75, 3.05) is 7.11 Å². The first-order valence-electron chi connectivity index (χ1n) is 2.28. The van der Waals surface area contributed by atoms with Crippen molar-refractivity contribution in [2.45, 2.75) is 6.55 Å². The molecule has 0 rings (SSSR count). The van der Waals surface area contributed by atoms with Crippen LogP contribution in [0.1, 0.15) is 0 Å². The summed E-state index contributed by atoms with van der Waals surface area (Å²) in [6.07, 6.45) is 0. The van der Waals surface area contributed by atoms with E-state index in [4.69, 9.17) is 0 Å². The molecule has 0 fully saturated rings. The van der Waals surface area contributed by atoms with Crippen molar-refractivity contribution < 1.29 is 25.0 Å². The van der Waals surface area contributed by atoms with Crippen LogP contribution in [0.2, 0.25) is 6.55 Å². The number of hydrogen-bond donors (Lipinski definition) is 0. The Morgan fingerprint density at radius 2 is 1.50 bits per heavy atom. The fourth-order valence-electron chi connectivity index (χ4n) is 0.250. The fraction of sp³-hybridized carbons (Fsp3) is 1.00. The SMILES string of the molecule is CO[Si](F)(F)O[Si](C)(F)F. The van der Waals surface area contributed by atoms with Gasteiger partial charge in [-0.05, 0) is 0 Å². The second-order valence-corrected chi connectivity index (χ2v) is 5.34. The predicted molar refractivity (Wildman–Crippen MR) is 29.9 cm³/mol. The molecule has 0 saturated heterocycles. The minimum atomic E-state index is -5.50. The molecule has 0 aromatic rings. The lowest BCUT2D eigenvalue weighted by Gasteiger charge is -2.12. The number of rotatable bonds is 3. The Morgan fingerprint density at radius 3 is 1.60 bits per heavy atom. The Balaban J connectivity index is 3.89. The third-order valence-corrected chi connectivity index (χ3v) is 3.40. The van der Waals surface area contributed by atoms with E-state index in [1.165, 1.54) is 0 Å². The monoisotopic (exact) mass is 194 g/mol. The van der Waals surface area contributed by atoms with Gasteiger partial charge in [-0.15, -0.1) is 0 Å². The molecule has 62 valence electrons. The Bertz CT molecular complexity index is 112. The fourth-order valence-corrected chi connectivity index (χ4v) is 2.25. The van der Waals surface area contributed by atoms with Gasteiger partial charge in [-0.2, -0.15) is 0 Å². The molecule has 0 amide bonds. The van der Waals surface area contributed by atoms with E-state index in [9.17, 15) is 16.4 Å². The minimum Gasteiger partial charge on any atom is -0.349 e. The molecule has 2 nitrogen and oxygen atoms in total. The van der Waals surface area contributed by atoms with Crippen LogP contribution in [0.3, 0.4) is 0 Å². The van der Waals surface area contributed by atoms with Crippen LogP contribution < -0.4 is 0 Å². The summed E-state index contributed by atoms with van der Waals surface area (Å²) in [7, 11) is -9.98. The van der Waals surface area contributed by atoms with E-state index in [1.54, 1.807) is 0 Å². The van der Waals surface area contributed by atoms with Crippen LogP contribution in [0.15, 0.2) is 0 Å². The molecule has 0 atom stereocenters. The third kappa shape index (κ3) is 4.91. The first-order valence-corrected chi connectivity index (χ1v) is 6.01. The lowest BCUT2D eigenvalue weighted by atomic mass is 11.8. The van der Waals surface area contributed by atoms with Gasteiger partial charge in [-0.1, -0.05) is 0 Å². The Morgan fingerprint density at radius 1 is 1.10 bits per heavy atom. The Hall–Kier alpha value is 0.0738. The molecule has 0 saturated carbocycles.